The Balaban J connectivity index is 1.19. The number of carbonyl (C=O) groups is 1. The number of aromatic nitrogens is 5. The third-order valence-electron chi connectivity index (χ3n) is 8.44. The predicted molar refractivity (Wildman–Crippen MR) is 159 cm³/mol. The van der Waals surface area contributed by atoms with E-state index >= 15 is 0 Å². The number of hydrogen-bond donors (Lipinski definition) is 3. The van der Waals surface area contributed by atoms with Crippen LogP contribution in [0.1, 0.15) is 32.1 Å². The molecule has 5 aromatic rings. The molecule has 1 amide bonds. The Labute approximate surface area is 233 Å². The molecule has 204 valence electrons. The van der Waals surface area contributed by atoms with Gasteiger partial charge in [-0.2, -0.15) is 5.10 Å². The summed E-state index contributed by atoms with van der Waals surface area (Å²) in [4.78, 5) is 30.6. The van der Waals surface area contributed by atoms with Crippen molar-refractivity contribution in [2.45, 2.75) is 32.1 Å². The third kappa shape index (κ3) is 4.70. The summed E-state index contributed by atoms with van der Waals surface area (Å²) < 4.78 is 0. The number of piperazine rings is 1. The van der Waals surface area contributed by atoms with Crippen LogP contribution in [0.5, 0.6) is 0 Å². The lowest BCUT2D eigenvalue weighted by Gasteiger charge is -2.34. The van der Waals surface area contributed by atoms with Gasteiger partial charge in [0.25, 0.3) is 0 Å². The smallest absolute Gasteiger partial charge is 0.227 e. The van der Waals surface area contributed by atoms with Crippen LogP contribution >= 0.6 is 0 Å². The summed E-state index contributed by atoms with van der Waals surface area (Å²) in [6.07, 6.45) is 8.98. The molecule has 3 N–H and O–H groups in total. The standard InChI is InChI=1S/C31H34N8O/c1-38-12-14-39(15-13-38)27-9-5-8-26-29(27)35-30(34-26)28-24-17-21(10-11-25(24)36-37-28)22-16-23(19-32-18-22)33-31(40)20-6-3-2-4-7-20/h5,8-11,16-20H,2-4,6-7,12-15H2,1H3,(H,33,40)(H,34,35)(H,36,37). The van der Waals surface area contributed by atoms with E-state index in [1.807, 2.05) is 18.3 Å². The van der Waals surface area contributed by atoms with E-state index in [-0.39, 0.29) is 11.8 Å². The van der Waals surface area contributed by atoms with Crippen LogP contribution in [-0.2, 0) is 4.79 Å². The molecule has 1 aliphatic heterocycles. The number of rotatable bonds is 5. The van der Waals surface area contributed by atoms with Crippen LogP contribution in [0.15, 0.2) is 54.9 Å². The average molecular weight is 535 g/mol. The summed E-state index contributed by atoms with van der Waals surface area (Å²) in [7, 11) is 2.17. The van der Waals surface area contributed by atoms with E-state index in [0.717, 1.165) is 108 Å². The minimum absolute atomic E-state index is 0.0998. The number of nitrogens with zero attached hydrogens (tertiary/aromatic N) is 5. The van der Waals surface area contributed by atoms with Crippen LogP contribution in [0.3, 0.4) is 0 Å². The highest BCUT2D eigenvalue weighted by Crippen LogP contribution is 2.33. The van der Waals surface area contributed by atoms with E-state index in [1.165, 1.54) is 6.42 Å². The molecule has 2 fully saturated rings. The normalized spacial score (nSPS) is 17.1. The van der Waals surface area contributed by atoms with Crippen LogP contribution in [0.25, 0.3) is 44.6 Å². The highest BCUT2D eigenvalue weighted by atomic mass is 16.1. The first-order valence-corrected chi connectivity index (χ1v) is 14.3. The molecule has 7 rings (SSSR count). The first-order chi connectivity index (χ1) is 19.6. The van der Waals surface area contributed by atoms with Crippen molar-refractivity contribution in [3.8, 4) is 22.6 Å². The Bertz CT molecular complexity index is 1670. The maximum absolute atomic E-state index is 12.8. The molecule has 2 aliphatic rings. The second-order valence-corrected chi connectivity index (χ2v) is 11.2. The zero-order valence-electron chi connectivity index (χ0n) is 22.8. The van der Waals surface area contributed by atoms with Crippen LogP contribution < -0.4 is 10.2 Å². The van der Waals surface area contributed by atoms with E-state index in [2.05, 4.69) is 72.7 Å². The summed E-state index contributed by atoms with van der Waals surface area (Å²) in [5.41, 5.74) is 7.54. The molecule has 3 aromatic heterocycles. The highest BCUT2D eigenvalue weighted by molar-refractivity contribution is 5.98. The van der Waals surface area contributed by atoms with Gasteiger partial charge in [0, 0.05) is 49.2 Å². The van der Waals surface area contributed by atoms with Crippen molar-refractivity contribution < 1.29 is 4.79 Å². The van der Waals surface area contributed by atoms with Crippen molar-refractivity contribution in [3.63, 3.8) is 0 Å². The molecule has 9 heteroatoms. The molecule has 4 heterocycles. The monoisotopic (exact) mass is 534 g/mol. The minimum Gasteiger partial charge on any atom is -0.367 e. The van der Waals surface area contributed by atoms with Crippen LogP contribution in [0.4, 0.5) is 11.4 Å². The Morgan fingerprint density at radius 2 is 1.80 bits per heavy atom. The molecule has 40 heavy (non-hydrogen) atoms. The lowest BCUT2D eigenvalue weighted by atomic mass is 9.88. The number of benzene rings is 2. The topological polar surface area (TPSA) is 106 Å². The Hall–Kier alpha value is -4.24. The summed E-state index contributed by atoms with van der Waals surface area (Å²) in [5, 5.41) is 11.9. The van der Waals surface area contributed by atoms with E-state index in [4.69, 9.17) is 4.98 Å². The molecule has 9 nitrogen and oxygen atoms in total. The van der Waals surface area contributed by atoms with Crippen LogP contribution in [0.2, 0.25) is 0 Å². The second-order valence-electron chi connectivity index (χ2n) is 11.2. The van der Waals surface area contributed by atoms with Gasteiger partial charge in [0.15, 0.2) is 5.82 Å². The Morgan fingerprint density at radius 3 is 2.65 bits per heavy atom. The lowest BCUT2D eigenvalue weighted by Crippen LogP contribution is -2.44. The molecule has 0 unspecified atom stereocenters. The fraction of sp³-hybridized carbons (Fsp3) is 0.355. The maximum atomic E-state index is 12.8. The van der Waals surface area contributed by atoms with Gasteiger partial charge in [0.05, 0.1) is 28.6 Å². The molecule has 1 saturated carbocycles. The number of aromatic amines is 2. The summed E-state index contributed by atoms with van der Waals surface area (Å²) in [5.74, 6) is 0.946. The Morgan fingerprint density at radius 1 is 0.950 bits per heavy atom. The number of pyridine rings is 1. The largest absolute Gasteiger partial charge is 0.367 e. The van der Waals surface area contributed by atoms with Gasteiger partial charge in [-0.05, 0) is 55.8 Å². The van der Waals surface area contributed by atoms with Crippen molar-refractivity contribution in [3.05, 3.63) is 54.9 Å². The number of fused-ring (bicyclic) bond motifs is 2. The number of para-hydroxylation sites is 1. The number of likely N-dealkylation sites (N-methyl/N-ethyl adjacent to an activating group) is 1. The van der Waals surface area contributed by atoms with Gasteiger partial charge in [0.2, 0.25) is 5.91 Å². The predicted octanol–water partition coefficient (Wildman–Crippen LogP) is 5.44. The fourth-order valence-electron chi connectivity index (χ4n) is 6.08. The number of imidazole rings is 1. The van der Waals surface area contributed by atoms with Gasteiger partial charge < -0.3 is 20.1 Å². The third-order valence-corrected chi connectivity index (χ3v) is 8.44. The first-order valence-electron chi connectivity index (χ1n) is 14.3. The number of nitrogens with one attached hydrogen (secondary N) is 3. The molecule has 0 spiro atoms. The first kappa shape index (κ1) is 24.8. The Kier molecular flexibility index (Phi) is 6.43. The molecule has 0 atom stereocenters. The number of H-pyrrole nitrogens is 2. The minimum atomic E-state index is 0.0998. The quantitative estimate of drug-likeness (QED) is 0.277. The van der Waals surface area contributed by atoms with Gasteiger partial charge in [-0.3, -0.25) is 14.9 Å². The van der Waals surface area contributed by atoms with E-state index in [9.17, 15) is 4.79 Å². The molecule has 1 aliphatic carbocycles. The van der Waals surface area contributed by atoms with Crippen LogP contribution in [-0.4, -0.2) is 69.2 Å². The summed E-state index contributed by atoms with van der Waals surface area (Å²) in [6, 6.07) is 14.5. The number of hydrogen-bond acceptors (Lipinski definition) is 6. The molecular weight excluding hydrogens is 500 g/mol. The van der Waals surface area contributed by atoms with Crippen molar-refractivity contribution in [1.82, 2.24) is 30.0 Å². The van der Waals surface area contributed by atoms with Gasteiger partial charge >= 0.3 is 0 Å². The summed E-state index contributed by atoms with van der Waals surface area (Å²) in [6.45, 7) is 4.06. The molecule has 2 aromatic carbocycles. The van der Waals surface area contributed by atoms with Crippen molar-refractivity contribution >= 4 is 39.2 Å². The van der Waals surface area contributed by atoms with E-state index in [1.54, 1.807) is 6.20 Å². The van der Waals surface area contributed by atoms with Crippen LogP contribution in [0, 0.1) is 5.92 Å². The van der Waals surface area contributed by atoms with Gasteiger partial charge in [-0.25, -0.2) is 4.98 Å². The van der Waals surface area contributed by atoms with Gasteiger partial charge in [-0.15, -0.1) is 0 Å². The average Bonchev–Trinajstić information content (AvgIpc) is 3.62. The summed E-state index contributed by atoms with van der Waals surface area (Å²) >= 11 is 0. The van der Waals surface area contributed by atoms with Gasteiger partial charge in [-0.1, -0.05) is 31.4 Å². The SMILES string of the molecule is CN1CCN(c2cccc3[nH]c(-c4n[nH]c5ccc(-c6cncc(NC(=O)C7CCCCC7)c6)cc45)nc23)CC1. The van der Waals surface area contributed by atoms with E-state index < -0.39 is 0 Å². The highest BCUT2D eigenvalue weighted by Gasteiger charge is 2.22. The van der Waals surface area contributed by atoms with E-state index in [0.29, 0.717) is 0 Å². The zero-order chi connectivity index (χ0) is 27.1. The zero-order valence-corrected chi connectivity index (χ0v) is 22.8. The molecule has 0 radical (unpaired) electrons. The van der Waals surface area contributed by atoms with Gasteiger partial charge in [0.1, 0.15) is 11.2 Å². The molecule has 0 bridgehead atoms. The fourth-order valence-corrected chi connectivity index (χ4v) is 6.08. The van der Waals surface area contributed by atoms with Crippen molar-refractivity contribution in [1.29, 1.82) is 0 Å². The lowest BCUT2D eigenvalue weighted by molar-refractivity contribution is -0.120. The number of carbonyl (C=O) groups excluding carboxylic acids is 1. The molecular formula is C31H34N8O. The second kappa shape index (κ2) is 10.4. The van der Waals surface area contributed by atoms with Crippen molar-refractivity contribution in [2.24, 2.45) is 5.92 Å². The number of anilines is 2. The number of amides is 1. The molecule has 1 saturated heterocycles. The maximum Gasteiger partial charge on any atom is 0.227 e. The van der Waals surface area contributed by atoms with Crippen molar-refractivity contribution in [2.75, 3.05) is 43.4 Å².